The molecule has 0 aliphatic carbocycles. The average molecular weight is 98.2 g/mol. The van der Waals surface area contributed by atoms with Gasteiger partial charge in [-0.25, -0.2) is 0 Å². The highest BCUT2D eigenvalue weighted by Gasteiger charge is 1.77. The molecule has 0 aliphatic heterocycles. The lowest BCUT2D eigenvalue weighted by Crippen LogP contribution is -2.10. The highest BCUT2D eigenvalue weighted by molar-refractivity contribution is 4.85. The zero-order valence-corrected chi connectivity index (χ0v) is 5.02. The van der Waals surface area contributed by atoms with Crippen molar-refractivity contribution < 1.29 is 0 Å². The number of likely N-dealkylation sites (N-methyl/N-ethyl adjacent to an activating group) is 1. The summed E-state index contributed by atoms with van der Waals surface area (Å²) in [6.07, 6.45) is 3.82. The molecule has 1 nitrogen and oxygen atoms in total. The van der Waals surface area contributed by atoms with Crippen LogP contribution in [-0.4, -0.2) is 25.5 Å². The summed E-state index contributed by atoms with van der Waals surface area (Å²) in [5.74, 6) is 0. The molecule has 0 aromatic carbocycles. The van der Waals surface area contributed by atoms with Crippen molar-refractivity contribution in [1.29, 1.82) is 0 Å². The lowest BCUT2D eigenvalue weighted by Gasteiger charge is -2.02. The summed E-state index contributed by atoms with van der Waals surface area (Å²) in [6, 6.07) is 0. The maximum atomic E-state index is 3.55. The third kappa shape index (κ3) is 5.70. The molecule has 0 saturated carbocycles. The molecule has 0 N–H and O–H groups in total. The Balaban J connectivity index is 2.97. The molecule has 0 spiro atoms. The zero-order chi connectivity index (χ0) is 5.70. The highest BCUT2D eigenvalue weighted by atomic mass is 15.0. The average Bonchev–Trinajstić information content (AvgIpc) is 1.61. The highest BCUT2D eigenvalue weighted by Crippen LogP contribution is 1.73. The van der Waals surface area contributed by atoms with Gasteiger partial charge < -0.3 is 4.90 Å². The van der Waals surface area contributed by atoms with Crippen molar-refractivity contribution in [3.8, 4) is 0 Å². The van der Waals surface area contributed by atoms with Gasteiger partial charge in [0.2, 0.25) is 0 Å². The summed E-state index contributed by atoms with van der Waals surface area (Å²) in [4.78, 5) is 2.08. The largest absolute Gasteiger partial charge is 0.306 e. The summed E-state index contributed by atoms with van der Waals surface area (Å²) in [6.45, 7) is 4.54. The molecular formula is C6H12N. The molecule has 0 bridgehead atoms. The SMILES string of the molecule is [CH2]C=CCN(C)C. The van der Waals surface area contributed by atoms with Crippen LogP contribution in [0.2, 0.25) is 0 Å². The molecule has 7 heavy (non-hydrogen) atoms. The van der Waals surface area contributed by atoms with Crippen molar-refractivity contribution >= 4 is 0 Å². The van der Waals surface area contributed by atoms with E-state index in [1.165, 1.54) is 0 Å². The molecule has 0 aliphatic rings. The van der Waals surface area contributed by atoms with E-state index < -0.39 is 0 Å². The summed E-state index contributed by atoms with van der Waals surface area (Å²) in [7, 11) is 4.06. The summed E-state index contributed by atoms with van der Waals surface area (Å²) < 4.78 is 0. The second-order valence-electron chi connectivity index (χ2n) is 1.73. The molecule has 0 aromatic heterocycles. The van der Waals surface area contributed by atoms with Gasteiger partial charge in [0.15, 0.2) is 0 Å². The van der Waals surface area contributed by atoms with Gasteiger partial charge in [-0.05, 0) is 21.0 Å². The Morgan fingerprint density at radius 3 is 2.29 bits per heavy atom. The van der Waals surface area contributed by atoms with Gasteiger partial charge in [-0.15, -0.1) is 0 Å². The molecule has 0 amide bonds. The molecule has 0 aromatic rings. The number of rotatable bonds is 2. The first-order valence-electron chi connectivity index (χ1n) is 2.36. The Bertz CT molecular complexity index is 55.2. The van der Waals surface area contributed by atoms with Crippen LogP contribution < -0.4 is 0 Å². The topological polar surface area (TPSA) is 3.24 Å². The van der Waals surface area contributed by atoms with Crippen LogP contribution in [0.15, 0.2) is 12.2 Å². The first-order valence-corrected chi connectivity index (χ1v) is 2.36. The Kier molecular flexibility index (Phi) is 3.71. The monoisotopic (exact) mass is 98.1 g/mol. The predicted molar refractivity (Wildman–Crippen MR) is 33.1 cm³/mol. The molecule has 0 saturated heterocycles. The van der Waals surface area contributed by atoms with Crippen LogP contribution in [0.3, 0.4) is 0 Å². The van der Waals surface area contributed by atoms with Gasteiger partial charge in [0.25, 0.3) is 0 Å². The third-order valence-electron chi connectivity index (χ3n) is 0.637. The van der Waals surface area contributed by atoms with E-state index in [0.717, 1.165) is 6.54 Å². The van der Waals surface area contributed by atoms with E-state index in [1.807, 2.05) is 20.2 Å². The van der Waals surface area contributed by atoms with E-state index in [2.05, 4.69) is 11.8 Å². The molecule has 1 heteroatoms. The van der Waals surface area contributed by atoms with Crippen molar-refractivity contribution in [1.82, 2.24) is 4.90 Å². The molecule has 0 heterocycles. The van der Waals surface area contributed by atoms with Gasteiger partial charge in [-0.1, -0.05) is 12.2 Å². The van der Waals surface area contributed by atoms with E-state index in [4.69, 9.17) is 0 Å². The van der Waals surface area contributed by atoms with E-state index in [-0.39, 0.29) is 0 Å². The lowest BCUT2D eigenvalue weighted by atomic mass is 10.5. The number of allylic oxidation sites excluding steroid dienone is 1. The van der Waals surface area contributed by atoms with Crippen LogP contribution >= 0.6 is 0 Å². The Hall–Kier alpha value is -0.300. The fourth-order valence-corrected chi connectivity index (χ4v) is 0.285. The van der Waals surface area contributed by atoms with Gasteiger partial charge in [0.05, 0.1) is 0 Å². The minimum absolute atomic E-state index is 0.990. The third-order valence-corrected chi connectivity index (χ3v) is 0.637. The molecule has 1 radical (unpaired) electrons. The van der Waals surface area contributed by atoms with Crippen LogP contribution in [0.4, 0.5) is 0 Å². The van der Waals surface area contributed by atoms with Crippen LogP contribution in [0.5, 0.6) is 0 Å². The molecular weight excluding hydrogens is 86.1 g/mol. The molecule has 41 valence electrons. The summed E-state index contributed by atoms with van der Waals surface area (Å²) in [5, 5.41) is 0. The standard InChI is InChI=1S/C6H12N/c1-4-5-6-7(2)3/h4-5H,1,6H2,2-3H3. The Morgan fingerprint density at radius 2 is 2.14 bits per heavy atom. The quantitative estimate of drug-likeness (QED) is 0.497. The second kappa shape index (κ2) is 3.88. The fourth-order valence-electron chi connectivity index (χ4n) is 0.285. The first-order chi connectivity index (χ1) is 3.27. The molecule has 0 rings (SSSR count). The van der Waals surface area contributed by atoms with E-state index >= 15 is 0 Å². The predicted octanol–water partition coefficient (Wildman–Crippen LogP) is 0.938. The number of nitrogens with zero attached hydrogens (tertiary/aromatic N) is 1. The van der Waals surface area contributed by atoms with Crippen LogP contribution in [0.1, 0.15) is 0 Å². The van der Waals surface area contributed by atoms with Gasteiger partial charge in [-0.2, -0.15) is 0 Å². The van der Waals surface area contributed by atoms with Gasteiger partial charge in [-0.3, -0.25) is 0 Å². The van der Waals surface area contributed by atoms with E-state index in [1.54, 1.807) is 6.08 Å². The van der Waals surface area contributed by atoms with E-state index in [9.17, 15) is 0 Å². The molecule has 0 fully saturated rings. The maximum Gasteiger partial charge on any atom is 0.0157 e. The van der Waals surface area contributed by atoms with Crippen molar-refractivity contribution in [3.63, 3.8) is 0 Å². The van der Waals surface area contributed by atoms with E-state index in [0.29, 0.717) is 0 Å². The smallest absolute Gasteiger partial charge is 0.0157 e. The molecule has 0 atom stereocenters. The fraction of sp³-hybridized carbons (Fsp3) is 0.500. The maximum absolute atomic E-state index is 3.55. The normalized spacial score (nSPS) is 11.4. The van der Waals surface area contributed by atoms with Crippen molar-refractivity contribution in [3.05, 3.63) is 19.1 Å². The first kappa shape index (κ1) is 6.70. The lowest BCUT2D eigenvalue weighted by molar-refractivity contribution is 0.456. The zero-order valence-electron chi connectivity index (χ0n) is 5.02. The van der Waals surface area contributed by atoms with Crippen LogP contribution in [-0.2, 0) is 0 Å². The minimum Gasteiger partial charge on any atom is -0.306 e. The number of hydrogen-bond acceptors (Lipinski definition) is 1. The summed E-state index contributed by atoms with van der Waals surface area (Å²) in [5.41, 5.74) is 0. The Morgan fingerprint density at radius 1 is 1.57 bits per heavy atom. The van der Waals surface area contributed by atoms with Crippen molar-refractivity contribution in [2.45, 2.75) is 0 Å². The Labute approximate surface area is 45.6 Å². The van der Waals surface area contributed by atoms with Gasteiger partial charge >= 0.3 is 0 Å². The second-order valence-corrected chi connectivity index (χ2v) is 1.73. The van der Waals surface area contributed by atoms with Crippen molar-refractivity contribution in [2.24, 2.45) is 0 Å². The van der Waals surface area contributed by atoms with Crippen molar-refractivity contribution in [2.75, 3.05) is 20.6 Å². The minimum atomic E-state index is 0.990. The van der Waals surface area contributed by atoms with Gasteiger partial charge in [0, 0.05) is 6.54 Å². The summed E-state index contributed by atoms with van der Waals surface area (Å²) >= 11 is 0. The van der Waals surface area contributed by atoms with Crippen LogP contribution in [0, 0.1) is 6.92 Å². The van der Waals surface area contributed by atoms with Crippen LogP contribution in [0.25, 0.3) is 0 Å². The number of hydrogen-bond donors (Lipinski definition) is 0. The van der Waals surface area contributed by atoms with Gasteiger partial charge in [0.1, 0.15) is 0 Å². The molecule has 0 unspecified atom stereocenters.